The van der Waals surface area contributed by atoms with Gasteiger partial charge < -0.3 is 9.64 Å². The Hall–Kier alpha value is -3.25. The molecule has 0 bridgehead atoms. The normalized spacial score (nSPS) is 16.3. The number of likely N-dealkylation sites (tertiary alicyclic amines) is 1. The minimum absolute atomic E-state index is 0.344. The fraction of sp³-hybridized carbons (Fsp3) is 0.292. The summed E-state index contributed by atoms with van der Waals surface area (Å²) in [5.41, 5.74) is 2.84. The zero-order valence-electron chi connectivity index (χ0n) is 17.7. The molecule has 5 rings (SSSR count). The molecule has 4 aromatic rings. The summed E-state index contributed by atoms with van der Waals surface area (Å²) in [6, 6.07) is 18.2. The van der Waals surface area contributed by atoms with Crippen LogP contribution in [0.5, 0.6) is 11.5 Å². The van der Waals surface area contributed by atoms with Gasteiger partial charge in [0.2, 0.25) is 0 Å². The lowest BCUT2D eigenvalue weighted by atomic mass is 10.1. The molecular formula is C24H27N5O. The van der Waals surface area contributed by atoms with Crippen molar-refractivity contribution in [3.8, 4) is 22.8 Å². The third kappa shape index (κ3) is 4.04. The summed E-state index contributed by atoms with van der Waals surface area (Å²) in [7, 11) is 2.15. The summed E-state index contributed by atoms with van der Waals surface area (Å²) in [5, 5.41) is 5.92. The van der Waals surface area contributed by atoms with Gasteiger partial charge in [0.15, 0.2) is 5.65 Å². The summed E-state index contributed by atoms with van der Waals surface area (Å²) in [6.45, 7) is 6.07. The Labute approximate surface area is 177 Å². The molecule has 0 aliphatic carbocycles. The number of ether oxygens (including phenoxy) is 1. The lowest BCUT2D eigenvalue weighted by Gasteiger charge is -2.11. The predicted molar refractivity (Wildman–Crippen MR) is 120 cm³/mol. The van der Waals surface area contributed by atoms with Gasteiger partial charge in [-0.25, -0.2) is 14.6 Å². The highest BCUT2D eigenvalue weighted by Crippen LogP contribution is 2.32. The van der Waals surface area contributed by atoms with Crippen molar-refractivity contribution in [1.82, 2.24) is 24.6 Å². The predicted octanol–water partition coefficient (Wildman–Crippen LogP) is 5.19. The van der Waals surface area contributed by atoms with Crippen LogP contribution in [0.25, 0.3) is 22.3 Å². The highest BCUT2D eigenvalue weighted by molar-refractivity contribution is 5.90. The van der Waals surface area contributed by atoms with Gasteiger partial charge in [-0.3, -0.25) is 0 Å². The van der Waals surface area contributed by atoms with Crippen LogP contribution in [0.3, 0.4) is 0 Å². The minimum atomic E-state index is 0.344. The van der Waals surface area contributed by atoms with Crippen molar-refractivity contribution in [1.29, 1.82) is 0 Å². The second-order valence-corrected chi connectivity index (χ2v) is 7.20. The van der Waals surface area contributed by atoms with Crippen LogP contribution in [-0.2, 0) is 0 Å². The number of hydrogen-bond acceptors (Lipinski definition) is 5. The summed E-state index contributed by atoms with van der Waals surface area (Å²) in [6.07, 6.45) is 4.54. The van der Waals surface area contributed by atoms with Crippen LogP contribution in [0.4, 0.5) is 0 Å². The zero-order chi connectivity index (χ0) is 20.9. The highest BCUT2D eigenvalue weighted by Gasteiger charge is 2.25. The average Bonchev–Trinajstić information content (AvgIpc) is 3.40. The Bertz CT molecular complexity index is 1090. The van der Waals surface area contributed by atoms with E-state index in [9.17, 15) is 0 Å². The average molecular weight is 402 g/mol. The van der Waals surface area contributed by atoms with Gasteiger partial charge in [-0.15, -0.1) is 0 Å². The Morgan fingerprint density at radius 2 is 1.70 bits per heavy atom. The molecular weight excluding hydrogens is 374 g/mol. The number of benzene rings is 2. The van der Waals surface area contributed by atoms with Crippen LogP contribution in [0.15, 0.2) is 67.1 Å². The molecule has 0 radical (unpaired) electrons. The van der Waals surface area contributed by atoms with Crippen molar-refractivity contribution in [3.05, 3.63) is 67.1 Å². The number of para-hydroxylation sites is 1. The summed E-state index contributed by atoms with van der Waals surface area (Å²) in [4.78, 5) is 11.1. The molecule has 1 aliphatic heterocycles. The van der Waals surface area contributed by atoms with Crippen LogP contribution in [0.1, 0.15) is 26.3 Å². The number of rotatable bonds is 4. The van der Waals surface area contributed by atoms with Crippen molar-refractivity contribution in [2.45, 2.75) is 26.3 Å². The largest absolute Gasteiger partial charge is 0.457 e. The van der Waals surface area contributed by atoms with E-state index in [1.807, 2.05) is 74.6 Å². The van der Waals surface area contributed by atoms with Gasteiger partial charge in [0.25, 0.3) is 0 Å². The minimum Gasteiger partial charge on any atom is -0.457 e. The Kier molecular flexibility index (Phi) is 6.05. The molecule has 0 amide bonds. The van der Waals surface area contributed by atoms with Crippen molar-refractivity contribution >= 4 is 11.0 Å². The molecule has 0 saturated carbocycles. The molecule has 2 aromatic carbocycles. The van der Waals surface area contributed by atoms with Crippen molar-refractivity contribution in [2.24, 2.45) is 0 Å². The second-order valence-electron chi connectivity index (χ2n) is 7.20. The van der Waals surface area contributed by atoms with E-state index in [0.29, 0.717) is 6.04 Å². The molecule has 1 aliphatic rings. The summed E-state index contributed by atoms with van der Waals surface area (Å²) >= 11 is 0. The third-order valence-corrected chi connectivity index (χ3v) is 5.19. The quantitative estimate of drug-likeness (QED) is 0.471. The zero-order valence-corrected chi connectivity index (χ0v) is 17.7. The molecule has 1 atom stereocenters. The monoisotopic (exact) mass is 401 g/mol. The van der Waals surface area contributed by atoms with Gasteiger partial charge in [0, 0.05) is 24.8 Å². The van der Waals surface area contributed by atoms with Gasteiger partial charge in [-0.1, -0.05) is 32.0 Å². The van der Waals surface area contributed by atoms with Gasteiger partial charge in [-0.2, -0.15) is 5.10 Å². The summed E-state index contributed by atoms with van der Waals surface area (Å²) in [5.74, 6) is 1.62. The van der Waals surface area contributed by atoms with Gasteiger partial charge in [-0.05, 0) is 49.9 Å². The van der Waals surface area contributed by atoms with E-state index in [2.05, 4.69) is 26.6 Å². The van der Waals surface area contributed by atoms with Crippen LogP contribution >= 0.6 is 0 Å². The number of aromatic nitrogens is 4. The number of likely N-dealkylation sites (N-methyl/N-ethyl adjacent to an activating group) is 1. The van der Waals surface area contributed by atoms with Crippen LogP contribution in [0, 0.1) is 0 Å². The maximum absolute atomic E-state index is 5.90. The van der Waals surface area contributed by atoms with Gasteiger partial charge in [0.05, 0.1) is 11.4 Å². The molecule has 154 valence electrons. The number of hydrogen-bond donors (Lipinski definition) is 0. The topological polar surface area (TPSA) is 56.1 Å². The molecule has 1 saturated heterocycles. The third-order valence-electron chi connectivity index (χ3n) is 5.19. The standard InChI is InChI=1S/C22H21N5O.C2H6/c1-26-12-11-17(14-26)27-22-20(13-23-15-24-22)21(25-27)16-7-9-19(10-8-16)28-18-5-3-2-4-6-18;1-2/h2-10,13,15,17H,11-12,14H2,1H3;1-2H3/t17-;/m1./s1. The second kappa shape index (κ2) is 9.05. The molecule has 1 fully saturated rings. The SMILES string of the molecule is CC.CN1CC[C@@H](n2nc(-c3ccc(Oc4ccccc4)cc3)c3cncnc32)C1. The summed E-state index contributed by atoms with van der Waals surface area (Å²) < 4.78 is 7.97. The maximum atomic E-state index is 5.90. The fourth-order valence-corrected chi connectivity index (χ4v) is 3.77. The lowest BCUT2D eigenvalue weighted by Crippen LogP contribution is -2.17. The smallest absolute Gasteiger partial charge is 0.162 e. The molecule has 0 unspecified atom stereocenters. The first-order valence-corrected chi connectivity index (χ1v) is 10.5. The van der Waals surface area contributed by atoms with Gasteiger partial charge >= 0.3 is 0 Å². The molecule has 6 nitrogen and oxygen atoms in total. The Morgan fingerprint density at radius 3 is 2.40 bits per heavy atom. The van der Waals surface area contributed by atoms with E-state index in [0.717, 1.165) is 53.3 Å². The van der Waals surface area contributed by atoms with E-state index in [4.69, 9.17) is 9.84 Å². The van der Waals surface area contributed by atoms with E-state index >= 15 is 0 Å². The lowest BCUT2D eigenvalue weighted by molar-refractivity contribution is 0.385. The fourth-order valence-electron chi connectivity index (χ4n) is 3.77. The first-order valence-electron chi connectivity index (χ1n) is 10.5. The van der Waals surface area contributed by atoms with E-state index in [1.165, 1.54) is 0 Å². The molecule has 2 aromatic heterocycles. The van der Waals surface area contributed by atoms with Gasteiger partial charge in [0.1, 0.15) is 23.5 Å². The number of nitrogens with zero attached hydrogens (tertiary/aromatic N) is 5. The maximum Gasteiger partial charge on any atom is 0.162 e. The van der Waals surface area contributed by atoms with Crippen molar-refractivity contribution in [3.63, 3.8) is 0 Å². The first kappa shape index (κ1) is 20.0. The number of fused-ring (bicyclic) bond motifs is 1. The Balaban J connectivity index is 0.00000106. The molecule has 0 spiro atoms. The van der Waals surface area contributed by atoms with E-state index < -0.39 is 0 Å². The molecule has 30 heavy (non-hydrogen) atoms. The van der Waals surface area contributed by atoms with Crippen LogP contribution in [-0.4, -0.2) is 44.8 Å². The van der Waals surface area contributed by atoms with E-state index in [1.54, 1.807) is 6.33 Å². The molecule has 0 N–H and O–H groups in total. The van der Waals surface area contributed by atoms with Crippen LogP contribution in [0.2, 0.25) is 0 Å². The Morgan fingerprint density at radius 1 is 0.967 bits per heavy atom. The molecule has 3 heterocycles. The first-order chi connectivity index (χ1) is 14.8. The van der Waals surface area contributed by atoms with E-state index in [-0.39, 0.29) is 0 Å². The van der Waals surface area contributed by atoms with Crippen molar-refractivity contribution in [2.75, 3.05) is 20.1 Å². The van der Waals surface area contributed by atoms with Crippen molar-refractivity contribution < 1.29 is 4.74 Å². The highest BCUT2D eigenvalue weighted by atomic mass is 16.5. The van der Waals surface area contributed by atoms with Crippen LogP contribution < -0.4 is 4.74 Å². The molecule has 6 heteroatoms.